The summed E-state index contributed by atoms with van der Waals surface area (Å²) >= 11 is 0. The first-order chi connectivity index (χ1) is 20.4. The minimum absolute atomic E-state index is 0.0107. The second-order valence-corrected chi connectivity index (χ2v) is 13.1. The van der Waals surface area contributed by atoms with Gasteiger partial charge in [-0.05, 0) is 80.2 Å². The molecule has 9 nitrogen and oxygen atoms in total. The third-order valence-corrected chi connectivity index (χ3v) is 10.9. The lowest BCUT2D eigenvalue weighted by Crippen LogP contribution is -2.61. The van der Waals surface area contributed by atoms with Gasteiger partial charge in [0, 0.05) is 29.7 Å². The highest BCUT2D eigenvalue weighted by Crippen LogP contribution is 2.67. The van der Waals surface area contributed by atoms with E-state index in [9.17, 15) is 29.4 Å². The van der Waals surface area contributed by atoms with Crippen LogP contribution in [0.25, 0.3) is 0 Å². The first-order valence-corrected chi connectivity index (χ1v) is 15.3. The zero-order valence-corrected chi connectivity index (χ0v) is 25.3. The molecule has 3 fully saturated rings. The normalized spacial score (nSPS) is 34.3. The summed E-state index contributed by atoms with van der Waals surface area (Å²) in [5.74, 6) is -0.805. The summed E-state index contributed by atoms with van der Waals surface area (Å²) in [6, 6.07) is 7.55. The van der Waals surface area contributed by atoms with E-state index in [-0.39, 0.29) is 55.1 Å². The molecule has 1 aromatic rings. The third-order valence-electron chi connectivity index (χ3n) is 10.9. The number of aliphatic hydroxyl groups is 2. The first-order valence-electron chi connectivity index (χ1n) is 15.3. The molecule has 5 rings (SSSR count). The van der Waals surface area contributed by atoms with E-state index in [4.69, 9.17) is 9.47 Å². The van der Waals surface area contributed by atoms with Crippen LogP contribution in [-0.2, 0) is 30.3 Å². The minimum Gasteiger partial charge on any atom is -0.497 e. The second-order valence-electron chi connectivity index (χ2n) is 13.1. The third kappa shape index (κ3) is 5.69. The number of Topliss-reactive ketones (excluding diaryl/α,β-unsaturated/α-hetero) is 1. The summed E-state index contributed by atoms with van der Waals surface area (Å²) in [6.45, 7) is 3.81. The van der Waals surface area contributed by atoms with Crippen molar-refractivity contribution in [3.8, 4) is 5.75 Å². The maximum atomic E-state index is 13.4. The fraction of sp³-hybridized carbons (Fsp3) is 0.588. The predicted octanol–water partition coefficient (Wildman–Crippen LogP) is 3.26. The van der Waals surface area contributed by atoms with E-state index in [1.165, 1.54) is 0 Å². The van der Waals surface area contributed by atoms with Crippen molar-refractivity contribution in [3.05, 3.63) is 53.6 Å². The van der Waals surface area contributed by atoms with Crippen LogP contribution < -0.4 is 10.1 Å². The molecule has 0 spiro atoms. The number of hydrogen-bond acceptors (Lipinski definition) is 8. The van der Waals surface area contributed by atoms with Crippen LogP contribution in [0.15, 0.2) is 48.1 Å². The predicted molar refractivity (Wildman–Crippen MR) is 158 cm³/mol. The van der Waals surface area contributed by atoms with Gasteiger partial charge in [-0.2, -0.15) is 0 Å². The molecule has 1 amide bonds. The number of amides is 1. The Morgan fingerprint density at radius 2 is 1.84 bits per heavy atom. The highest BCUT2D eigenvalue weighted by Gasteiger charge is 2.68. The Labute approximate surface area is 252 Å². The maximum absolute atomic E-state index is 13.4. The van der Waals surface area contributed by atoms with E-state index in [1.54, 1.807) is 19.3 Å². The number of allylic oxidation sites excluding steroid dienone is 4. The number of ketones is 2. The molecule has 0 heterocycles. The molecule has 232 valence electrons. The molecule has 4 aliphatic rings. The Balaban J connectivity index is 1.12. The standard InChI is InChI=1S/C34H43NO8/c1-32-15-12-23(36)18-22(32)6-9-25-26-13-16-34(41,33(26,2)19-27(37)31(25)32)28(38)20-43-30(40)11-10-29(39)35-17-14-21-4-7-24(42-3)8-5-21/h4-5,7-8,12,15,18,25-27,31,37,41H,6,9-11,13-14,16-17,19-20H2,1-3H3,(H,35,39)/t25-,26+,27+,31-,32-,33-,34-/m0/s1. The van der Waals surface area contributed by atoms with Crippen molar-refractivity contribution in [3.63, 3.8) is 0 Å². The molecule has 43 heavy (non-hydrogen) atoms. The summed E-state index contributed by atoms with van der Waals surface area (Å²) in [4.78, 5) is 50.1. The molecule has 0 saturated heterocycles. The second kappa shape index (κ2) is 12.0. The van der Waals surface area contributed by atoms with E-state index in [1.807, 2.05) is 37.3 Å². The summed E-state index contributed by atoms with van der Waals surface area (Å²) in [7, 11) is 1.60. The zero-order valence-electron chi connectivity index (χ0n) is 25.3. The van der Waals surface area contributed by atoms with Crippen molar-refractivity contribution in [1.29, 1.82) is 0 Å². The van der Waals surface area contributed by atoms with Crippen molar-refractivity contribution in [2.45, 2.75) is 76.9 Å². The lowest BCUT2D eigenvalue weighted by molar-refractivity contribution is -0.181. The van der Waals surface area contributed by atoms with Crippen molar-refractivity contribution in [1.82, 2.24) is 5.32 Å². The number of rotatable bonds is 10. The van der Waals surface area contributed by atoms with E-state index >= 15 is 0 Å². The van der Waals surface area contributed by atoms with Crippen molar-refractivity contribution in [2.75, 3.05) is 20.3 Å². The van der Waals surface area contributed by atoms with Crippen molar-refractivity contribution in [2.24, 2.45) is 28.6 Å². The Hall–Kier alpha value is -3.30. The fourth-order valence-corrected chi connectivity index (χ4v) is 8.57. The molecular weight excluding hydrogens is 550 g/mol. The Kier molecular flexibility index (Phi) is 8.69. The van der Waals surface area contributed by atoms with E-state index < -0.39 is 40.9 Å². The summed E-state index contributed by atoms with van der Waals surface area (Å²) in [5.41, 5.74) is -0.932. The summed E-state index contributed by atoms with van der Waals surface area (Å²) in [6.07, 6.45) is 7.50. The smallest absolute Gasteiger partial charge is 0.306 e. The van der Waals surface area contributed by atoms with E-state index in [0.29, 0.717) is 19.4 Å². The average Bonchev–Trinajstić information content (AvgIpc) is 3.25. The van der Waals surface area contributed by atoms with Crippen LogP contribution in [0.3, 0.4) is 0 Å². The van der Waals surface area contributed by atoms with Gasteiger partial charge < -0.3 is 25.0 Å². The number of benzene rings is 1. The van der Waals surface area contributed by atoms with Crippen molar-refractivity contribution >= 4 is 23.4 Å². The molecule has 1 aromatic carbocycles. The van der Waals surface area contributed by atoms with E-state index in [2.05, 4.69) is 12.2 Å². The van der Waals surface area contributed by atoms with Gasteiger partial charge in [0.25, 0.3) is 0 Å². The summed E-state index contributed by atoms with van der Waals surface area (Å²) in [5, 5.41) is 26.1. The number of nitrogens with one attached hydrogen (secondary N) is 1. The highest BCUT2D eigenvalue weighted by molar-refractivity contribution is 6.01. The number of methoxy groups -OCH3 is 1. The quantitative estimate of drug-likeness (QED) is 0.352. The van der Waals surface area contributed by atoms with Gasteiger partial charge in [0.2, 0.25) is 11.7 Å². The Morgan fingerprint density at radius 3 is 2.56 bits per heavy atom. The first kappa shape index (κ1) is 31.1. The van der Waals surface area contributed by atoms with Crippen LogP contribution in [0.5, 0.6) is 5.75 Å². The number of carbonyl (C=O) groups is 4. The largest absolute Gasteiger partial charge is 0.497 e. The van der Waals surface area contributed by atoms with Crippen LogP contribution in [-0.4, -0.2) is 65.6 Å². The van der Waals surface area contributed by atoms with Gasteiger partial charge in [0.1, 0.15) is 11.4 Å². The number of hydrogen-bond donors (Lipinski definition) is 3. The zero-order chi connectivity index (χ0) is 31.0. The van der Waals surface area contributed by atoms with Crippen LogP contribution >= 0.6 is 0 Å². The van der Waals surface area contributed by atoms with Gasteiger partial charge in [-0.3, -0.25) is 19.2 Å². The molecule has 3 N–H and O–H groups in total. The molecular formula is C34H43NO8. The molecule has 7 atom stereocenters. The molecule has 9 heteroatoms. The highest BCUT2D eigenvalue weighted by atomic mass is 16.5. The lowest BCUT2D eigenvalue weighted by Gasteiger charge is -2.59. The van der Waals surface area contributed by atoms with Gasteiger partial charge in [-0.15, -0.1) is 0 Å². The monoisotopic (exact) mass is 593 g/mol. The molecule has 0 unspecified atom stereocenters. The van der Waals surface area contributed by atoms with E-state index in [0.717, 1.165) is 29.7 Å². The van der Waals surface area contributed by atoms with Gasteiger partial charge in [-0.25, -0.2) is 0 Å². The van der Waals surface area contributed by atoms with Crippen LogP contribution in [0, 0.1) is 28.6 Å². The molecule has 0 aromatic heterocycles. The topological polar surface area (TPSA) is 139 Å². The van der Waals surface area contributed by atoms with Crippen LogP contribution in [0.2, 0.25) is 0 Å². The maximum Gasteiger partial charge on any atom is 0.306 e. The molecule has 0 aliphatic heterocycles. The van der Waals surface area contributed by atoms with Gasteiger partial charge in [0.05, 0.1) is 19.6 Å². The number of fused-ring (bicyclic) bond motifs is 5. The Bertz CT molecular complexity index is 1330. The van der Waals surface area contributed by atoms with Crippen molar-refractivity contribution < 1.29 is 38.9 Å². The lowest BCUT2D eigenvalue weighted by atomic mass is 9.46. The van der Waals surface area contributed by atoms with Crippen LogP contribution in [0.1, 0.15) is 64.4 Å². The minimum atomic E-state index is -1.72. The number of ether oxygens (including phenoxy) is 2. The molecule has 4 aliphatic carbocycles. The van der Waals surface area contributed by atoms with Gasteiger partial charge in [0.15, 0.2) is 12.4 Å². The Morgan fingerprint density at radius 1 is 1.09 bits per heavy atom. The number of carbonyl (C=O) groups excluding carboxylic acids is 4. The van der Waals surface area contributed by atoms with Crippen LogP contribution in [0.4, 0.5) is 0 Å². The fourth-order valence-electron chi connectivity index (χ4n) is 8.57. The average molecular weight is 594 g/mol. The number of aliphatic hydroxyl groups excluding tert-OH is 1. The molecule has 0 radical (unpaired) electrons. The SMILES string of the molecule is COc1ccc(CCNC(=O)CCC(=O)OCC(=O)[C@@]2(O)CC[C@@H]3[C@@H]4CCC5=CC(=O)C=C[C@]5(C)[C@@H]4[C@H](O)C[C@@]32C)cc1. The molecule has 0 bridgehead atoms. The summed E-state index contributed by atoms with van der Waals surface area (Å²) < 4.78 is 10.4. The number of esters is 1. The van der Waals surface area contributed by atoms with Gasteiger partial charge >= 0.3 is 5.97 Å². The van der Waals surface area contributed by atoms with Gasteiger partial charge in [-0.1, -0.05) is 37.6 Å². The molecule has 3 saturated carbocycles.